The molecule has 13 heavy (non-hydrogen) atoms. The molecule has 0 radical (unpaired) electrons. The minimum atomic E-state index is 0.116. The molecule has 0 aromatic heterocycles. The van der Waals surface area contributed by atoms with Crippen LogP contribution in [-0.4, -0.2) is 5.78 Å². The molecule has 0 saturated heterocycles. The van der Waals surface area contributed by atoms with Crippen molar-refractivity contribution >= 4 is 18.4 Å². The van der Waals surface area contributed by atoms with Crippen LogP contribution in [0.25, 0.3) is 0 Å². The summed E-state index contributed by atoms with van der Waals surface area (Å²) >= 11 is 4.16. The van der Waals surface area contributed by atoms with Gasteiger partial charge in [-0.15, -0.1) is 12.6 Å². The summed E-state index contributed by atoms with van der Waals surface area (Å²) in [6.07, 6.45) is 0.890. The number of thiol groups is 1. The van der Waals surface area contributed by atoms with Crippen LogP contribution in [0.1, 0.15) is 30.6 Å². The molecule has 0 heterocycles. The lowest BCUT2D eigenvalue weighted by Gasteiger charge is -2.06. The third-order valence-corrected chi connectivity index (χ3v) is 2.51. The van der Waals surface area contributed by atoms with Crippen LogP contribution in [0, 0.1) is 5.92 Å². The highest BCUT2D eigenvalue weighted by molar-refractivity contribution is 7.80. The van der Waals surface area contributed by atoms with Crippen molar-refractivity contribution in [3.8, 4) is 0 Å². The second kappa shape index (κ2) is 4.47. The Morgan fingerprint density at radius 2 is 1.92 bits per heavy atom. The van der Waals surface area contributed by atoms with E-state index in [1.54, 1.807) is 0 Å². The molecule has 0 fully saturated rings. The van der Waals surface area contributed by atoms with Crippen molar-refractivity contribution in [3.63, 3.8) is 0 Å². The Morgan fingerprint density at radius 1 is 1.38 bits per heavy atom. The first kappa shape index (κ1) is 10.3. The van der Waals surface area contributed by atoms with Gasteiger partial charge in [0.25, 0.3) is 0 Å². The molecule has 0 saturated carbocycles. The molecule has 0 spiro atoms. The van der Waals surface area contributed by atoms with Gasteiger partial charge in [0.2, 0.25) is 0 Å². The number of hydrogen-bond donors (Lipinski definition) is 1. The zero-order valence-electron chi connectivity index (χ0n) is 7.95. The molecule has 1 atom stereocenters. The van der Waals surface area contributed by atoms with Gasteiger partial charge >= 0.3 is 0 Å². The molecule has 1 aromatic carbocycles. The molecule has 0 aliphatic carbocycles. The summed E-state index contributed by atoms with van der Waals surface area (Å²) in [5.41, 5.74) is 0.784. The summed E-state index contributed by atoms with van der Waals surface area (Å²) < 4.78 is 0. The maximum Gasteiger partial charge on any atom is 0.165 e. The van der Waals surface area contributed by atoms with Crippen LogP contribution < -0.4 is 0 Å². The number of Topliss-reactive ketones (excluding diaryl/α,β-unsaturated/α-hetero) is 1. The number of hydrogen-bond acceptors (Lipinski definition) is 2. The fourth-order valence-electron chi connectivity index (χ4n) is 1.10. The van der Waals surface area contributed by atoms with Crippen LogP contribution in [0.4, 0.5) is 0 Å². The zero-order chi connectivity index (χ0) is 9.84. The largest absolute Gasteiger partial charge is 0.294 e. The first-order valence-electron chi connectivity index (χ1n) is 4.48. The predicted molar refractivity (Wildman–Crippen MR) is 57.5 cm³/mol. The number of carbonyl (C=O) groups excluding carboxylic acids is 1. The summed E-state index contributed by atoms with van der Waals surface area (Å²) in [5.74, 6) is 0.335. The van der Waals surface area contributed by atoms with E-state index in [1.165, 1.54) is 0 Å². The van der Waals surface area contributed by atoms with Gasteiger partial charge in [0, 0.05) is 16.4 Å². The fraction of sp³-hybridized carbons (Fsp3) is 0.364. The van der Waals surface area contributed by atoms with Crippen molar-refractivity contribution in [2.75, 3.05) is 0 Å². The van der Waals surface area contributed by atoms with E-state index in [2.05, 4.69) is 12.6 Å². The fourth-order valence-corrected chi connectivity index (χ4v) is 1.24. The highest BCUT2D eigenvalue weighted by atomic mass is 32.1. The van der Waals surface area contributed by atoms with Crippen LogP contribution in [0.3, 0.4) is 0 Å². The van der Waals surface area contributed by atoms with E-state index in [4.69, 9.17) is 0 Å². The quantitative estimate of drug-likeness (QED) is 0.577. The average Bonchev–Trinajstić information content (AvgIpc) is 2.17. The normalized spacial score (nSPS) is 12.5. The molecule has 0 amide bonds. The van der Waals surface area contributed by atoms with Crippen LogP contribution >= 0.6 is 12.6 Å². The van der Waals surface area contributed by atoms with E-state index in [-0.39, 0.29) is 11.7 Å². The van der Waals surface area contributed by atoms with Crippen molar-refractivity contribution < 1.29 is 4.79 Å². The molecular weight excluding hydrogens is 180 g/mol. The molecule has 1 unspecified atom stereocenters. The first-order valence-corrected chi connectivity index (χ1v) is 4.93. The number of benzene rings is 1. The Bertz CT molecular complexity index is 289. The van der Waals surface area contributed by atoms with Gasteiger partial charge in [0.1, 0.15) is 0 Å². The van der Waals surface area contributed by atoms with E-state index in [9.17, 15) is 4.79 Å². The van der Waals surface area contributed by atoms with E-state index in [0.29, 0.717) is 0 Å². The molecule has 0 aliphatic heterocycles. The van der Waals surface area contributed by atoms with E-state index >= 15 is 0 Å². The SMILES string of the molecule is CCC(C)C(=O)c1ccc(S)cc1. The number of ketones is 1. The molecule has 70 valence electrons. The van der Waals surface area contributed by atoms with Crippen molar-refractivity contribution in [1.82, 2.24) is 0 Å². The van der Waals surface area contributed by atoms with Crippen molar-refractivity contribution in [1.29, 1.82) is 0 Å². The molecule has 0 aliphatic rings. The topological polar surface area (TPSA) is 17.1 Å². The van der Waals surface area contributed by atoms with Gasteiger partial charge in [-0.05, 0) is 18.6 Å². The summed E-state index contributed by atoms with van der Waals surface area (Å²) in [7, 11) is 0. The second-order valence-corrected chi connectivity index (χ2v) is 3.74. The van der Waals surface area contributed by atoms with Gasteiger partial charge in [-0.2, -0.15) is 0 Å². The van der Waals surface area contributed by atoms with Gasteiger partial charge in [0.15, 0.2) is 5.78 Å². The highest BCUT2D eigenvalue weighted by Crippen LogP contribution is 2.13. The van der Waals surface area contributed by atoms with Gasteiger partial charge in [-0.1, -0.05) is 26.0 Å². The third-order valence-electron chi connectivity index (χ3n) is 2.21. The van der Waals surface area contributed by atoms with Gasteiger partial charge < -0.3 is 0 Å². The van der Waals surface area contributed by atoms with Gasteiger partial charge in [0.05, 0.1) is 0 Å². The van der Waals surface area contributed by atoms with Crippen molar-refractivity contribution in [2.24, 2.45) is 5.92 Å². The summed E-state index contributed by atoms with van der Waals surface area (Å²) in [6, 6.07) is 7.35. The minimum Gasteiger partial charge on any atom is -0.294 e. The standard InChI is InChI=1S/C11H14OS/c1-3-8(2)11(12)9-4-6-10(13)7-5-9/h4-8,13H,3H2,1-2H3. The Labute approximate surface area is 84.6 Å². The highest BCUT2D eigenvalue weighted by Gasteiger charge is 2.12. The van der Waals surface area contributed by atoms with Crippen LogP contribution in [0.15, 0.2) is 29.2 Å². The molecular formula is C11H14OS. The average molecular weight is 194 g/mol. The Kier molecular flexibility index (Phi) is 3.55. The van der Waals surface area contributed by atoms with Crippen molar-refractivity contribution in [2.45, 2.75) is 25.2 Å². The molecule has 2 heteroatoms. The molecule has 1 aromatic rings. The van der Waals surface area contributed by atoms with E-state index in [1.807, 2.05) is 38.1 Å². The maximum atomic E-state index is 11.7. The number of carbonyl (C=O) groups is 1. The molecule has 1 nitrogen and oxygen atoms in total. The molecule has 0 N–H and O–H groups in total. The molecule has 1 rings (SSSR count). The third kappa shape index (κ3) is 2.59. The summed E-state index contributed by atoms with van der Waals surface area (Å²) in [6.45, 7) is 3.98. The Hall–Kier alpha value is -0.760. The van der Waals surface area contributed by atoms with Crippen LogP contribution in [-0.2, 0) is 0 Å². The predicted octanol–water partition coefficient (Wildman–Crippen LogP) is 3.20. The van der Waals surface area contributed by atoms with E-state index < -0.39 is 0 Å². The lowest BCUT2D eigenvalue weighted by Crippen LogP contribution is -2.09. The smallest absolute Gasteiger partial charge is 0.165 e. The number of rotatable bonds is 3. The first-order chi connectivity index (χ1) is 6.15. The second-order valence-electron chi connectivity index (χ2n) is 3.22. The van der Waals surface area contributed by atoms with Crippen LogP contribution in [0.5, 0.6) is 0 Å². The maximum absolute atomic E-state index is 11.7. The molecule has 0 bridgehead atoms. The van der Waals surface area contributed by atoms with E-state index in [0.717, 1.165) is 16.9 Å². The lowest BCUT2D eigenvalue weighted by molar-refractivity contribution is 0.0927. The summed E-state index contributed by atoms with van der Waals surface area (Å²) in [5, 5.41) is 0. The lowest BCUT2D eigenvalue weighted by atomic mass is 9.97. The Morgan fingerprint density at radius 3 is 2.38 bits per heavy atom. The monoisotopic (exact) mass is 194 g/mol. The zero-order valence-corrected chi connectivity index (χ0v) is 8.84. The van der Waals surface area contributed by atoms with Crippen molar-refractivity contribution in [3.05, 3.63) is 29.8 Å². The Balaban J connectivity index is 2.83. The summed E-state index contributed by atoms with van der Waals surface area (Å²) in [4.78, 5) is 12.6. The van der Waals surface area contributed by atoms with Crippen LogP contribution in [0.2, 0.25) is 0 Å². The van der Waals surface area contributed by atoms with Gasteiger partial charge in [-0.25, -0.2) is 0 Å². The minimum absolute atomic E-state index is 0.116. The van der Waals surface area contributed by atoms with Gasteiger partial charge in [-0.3, -0.25) is 4.79 Å².